The second-order valence-corrected chi connectivity index (χ2v) is 4.91. The second kappa shape index (κ2) is 6.51. The number of hydrogen-bond acceptors (Lipinski definition) is 4. The van der Waals surface area contributed by atoms with E-state index in [9.17, 15) is 9.59 Å². The average Bonchev–Trinajstić information content (AvgIpc) is 2.94. The van der Waals surface area contributed by atoms with Crippen molar-refractivity contribution in [3.05, 3.63) is 17.7 Å². The standard InChI is InChI=1S/C13H20N4O3/c1-2-7-17(9-3-5-14-6-4-9)12(18)10-11(13(19)20)16-8-15-10/h8-9,14H,2-7H2,1H3,(H,15,16)(H,19,20). The van der Waals surface area contributed by atoms with Crippen molar-refractivity contribution in [3.63, 3.8) is 0 Å². The molecule has 1 aromatic heterocycles. The van der Waals surface area contributed by atoms with Gasteiger partial charge >= 0.3 is 5.97 Å². The highest BCUT2D eigenvalue weighted by molar-refractivity contribution is 6.02. The number of imidazole rings is 1. The van der Waals surface area contributed by atoms with Crippen LogP contribution in [0.2, 0.25) is 0 Å². The summed E-state index contributed by atoms with van der Waals surface area (Å²) < 4.78 is 0. The van der Waals surface area contributed by atoms with Gasteiger partial charge in [-0.1, -0.05) is 6.92 Å². The summed E-state index contributed by atoms with van der Waals surface area (Å²) in [7, 11) is 0. The summed E-state index contributed by atoms with van der Waals surface area (Å²) in [5.41, 5.74) is -0.130. The van der Waals surface area contributed by atoms with Crippen LogP contribution in [-0.4, -0.2) is 57.5 Å². The first-order chi connectivity index (χ1) is 9.65. The Morgan fingerprint density at radius 3 is 2.75 bits per heavy atom. The zero-order valence-electron chi connectivity index (χ0n) is 11.6. The van der Waals surface area contributed by atoms with Gasteiger partial charge in [0.25, 0.3) is 5.91 Å². The SMILES string of the molecule is CCCN(C(=O)c1nc[nH]c1C(=O)O)C1CCNCC1. The van der Waals surface area contributed by atoms with Crippen LogP contribution in [0.4, 0.5) is 0 Å². The van der Waals surface area contributed by atoms with E-state index in [1.165, 1.54) is 6.33 Å². The number of H-pyrrole nitrogens is 1. The molecular weight excluding hydrogens is 260 g/mol. The molecule has 7 nitrogen and oxygen atoms in total. The number of aromatic nitrogens is 2. The maximum atomic E-state index is 12.6. The van der Waals surface area contributed by atoms with Crippen LogP contribution in [0.1, 0.15) is 47.2 Å². The van der Waals surface area contributed by atoms with Gasteiger partial charge in [-0.15, -0.1) is 0 Å². The summed E-state index contributed by atoms with van der Waals surface area (Å²) in [5, 5.41) is 12.3. The van der Waals surface area contributed by atoms with Gasteiger partial charge in [-0.2, -0.15) is 0 Å². The van der Waals surface area contributed by atoms with Gasteiger partial charge in [0.15, 0.2) is 11.4 Å². The van der Waals surface area contributed by atoms with Crippen molar-refractivity contribution in [1.29, 1.82) is 0 Å². The molecule has 0 spiro atoms. The number of nitrogens with one attached hydrogen (secondary N) is 2. The highest BCUT2D eigenvalue weighted by Crippen LogP contribution is 2.17. The number of amides is 1. The van der Waals surface area contributed by atoms with E-state index in [0.717, 1.165) is 32.4 Å². The summed E-state index contributed by atoms with van der Waals surface area (Å²) in [6.45, 7) is 4.38. The Hall–Kier alpha value is -1.89. The Balaban J connectivity index is 2.21. The molecule has 3 N–H and O–H groups in total. The van der Waals surface area contributed by atoms with Crippen LogP contribution in [0.15, 0.2) is 6.33 Å². The minimum atomic E-state index is -1.16. The first-order valence-corrected chi connectivity index (χ1v) is 6.93. The van der Waals surface area contributed by atoms with Crippen molar-refractivity contribution in [2.24, 2.45) is 0 Å². The van der Waals surface area contributed by atoms with Crippen LogP contribution in [0, 0.1) is 0 Å². The van der Waals surface area contributed by atoms with Crippen LogP contribution in [0.3, 0.4) is 0 Å². The largest absolute Gasteiger partial charge is 0.477 e. The molecule has 0 atom stereocenters. The van der Waals surface area contributed by atoms with Gasteiger partial charge in [-0.25, -0.2) is 9.78 Å². The molecule has 0 bridgehead atoms. The molecule has 1 aliphatic heterocycles. The first kappa shape index (κ1) is 14.5. The third-order valence-corrected chi connectivity index (χ3v) is 3.53. The maximum Gasteiger partial charge on any atom is 0.354 e. The fourth-order valence-electron chi connectivity index (χ4n) is 2.56. The molecule has 0 radical (unpaired) electrons. The summed E-state index contributed by atoms with van der Waals surface area (Å²) in [6.07, 6.45) is 3.86. The lowest BCUT2D eigenvalue weighted by Gasteiger charge is -2.34. The lowest BCUT2D eigenvalue weighted by molar-refractivity contribution is 0.0612. The molecule has 110 valence electrons. The summed E-state index contributed by atoms with van der Waals surface area (Å²) in [5.74, 6) is -1.45. The number of carbonyl (C=O) groups is 2. The Kier molecular flexibility index (Phi) is 4.73. The van der Waals surface area contributed by atoms with Crippen LogP contribution in [0.25, 0.3) is 0 Å². The number of nitrogens with zero attached hydrogens (tertiary/aromatic N) is 2. The van der Waals surface area contributed by atoms with E-state index in [0.29, 0.717) is 6.54 Å². The molecule has 1 aliphatic rings. The number of aromatic amines is 1. The number of hydrogen-bond donors (Lipinski definition) is 3. The summed E-state index contributed by atoms with van der Waals surface area (Å²) >= 11 is 0. The molecule has 1 saturated heterocycles. The average molecular weight is 280 g/mol. The van der Waals surface area contributed by atoms with E-state index in [1.807, 2.05) is 6.92 Å². The van der Waals surface area contributed by atoms with Crippen LogP contribution in [-0.2, 0) is 0 Å². The minimum absolute atomic E-state index is 0.00415. The van der Waals surface area contributed by atoms with Gasteiger partial charge < -0.3 is 20.3 Å². The predicted octanol–water partition coefficient (Wildman–Crippen LogP) is 0.712. The molecular formula is C13H20N4O3. The number of aromatic carboxylic acids is 1. The van der Waals surface area contributed by atoms with Crippen LogP contribution >= 0.6 is 0 Å². The molecule has 0 saturated carbocycles. The van der Waals surface area contributed by atoms with Gasteiger partial charge in [0.2, 0.25) is 0 Å². The fraction of sp³-hybridized carbons (Fsp3) is 0.615. The van der Waals surface area contributed by atoms with Crippen molar-refractivity contribution in [2.75, 3.05) is 19.6 Å². The van der Waals surface area contributed by atoms with Crippen molar-refractivity contribution >= 4 is 11.9 Å². The molecule has 0 aromatic carbocycles. The molecule has 1 amide bonds. The monoisotopic (exact) mass is 280 g/mol. The predicted molar refractivity (Wildman–Crippen MR) is 72.8 cm³/mol. The van der Waals surface area contributed by atoms with Gasteiger partial charge in [0.05, 0.1) is 6.33 Å². The first-order valence-electron chi connectivity index (χ1n) is 6.93. The lowest BCUT2D eigenvalue weighted by Crippen LogP contribution is -2.46. The molecule has 2 heterocycles. The van der Waals surface area contributed by atoms with Crippen molar-refractivity contribution in [1.82, 2.24) is 20.2 Å². The number of carboxylic acids is 1. The number of carbonyl (C=O) groups excluding carboxylic acids is 1. The lowest BCUT2D eigenvalue weighted by atomic mass is 10.0. The van der Waals surface area contributed by atoms with Gasteiger partial charge in [0.1, 0.15) is 0 Å². The Morgan fingerprint density at radius 2 is 2.15 bits per heavy atom. The molecule has 0 aliphatic carbocycles. The van der Waals surface area contributed by atoms with Crippen LogP contribution in [0.5, 0.6) is 0 Å². The van der Waals surface area contributed by atoms with E-state index < -0.39 is 5.97 Å². The van der Waals surface area contributed by atoms with Gasteiger partial charge in [0, 0.05) is 12.6 Å². The van der Waals surface area contributed by atoms with Crippen molar-refractivity contribution in [2.45, 2.75) is 32.2 Å². The van der Waals surface area contributed by atoms with E-state index in [4.69, 9.17) is 5.11 Å². The summed E-state index contributed by atoms with van der Waals surface area (Å²) in [6, 6.07) is 0.155. The summed E-state index contributed by atoms with van der Waals surface area (Å²) in [4.78, 5) is 31.8. The zero-order valence-corrected chi connectivity index (χ0v) is 11.6. The van der Waals surface area contributed by atoms with E-state index in [-0.39, 0.29) is 23.3 Å². The Bertz CT molecular complexity index is 480. The number of piperidine rings is 1. The topological polar surface area (TPSA) is 98.3 Å². The smallest absolute Gasteiger partial charge is 0.354 e. The van der Waals surface area contributed by atoms with Crippen molar-refractivity contribution in [3.8, 4) is 0 Å². The van der Waals surface area contributed by atoms with Gasteiger partial charge in [-0.05, 0) is 32.4 Å². The molecule has 1 aromatic rings. The Morgan fingerprint density at radius 1 is 1.45 bits per heavy atom. The number of carboxylic acid groups (broad SMARTS) is 1. The fourth-order valence-corrected chi connectivity index (χ4v) is 2.56. The van der Waals surface area contributed by atoms with Crippen LogP contribution < -0.4 is 5.32 Å². The maximum absolute atomic E-state index is 12.6. The van der Waals surface area contributed by atoms with E-state index >= 15 is 0 Å². The molecule has 1 fully saturated rings. The highest BCUT2D eigenvalue weighted by Gasteiger charge is 2.29. The third-order valence-electron chi connectivity index (χ3n) is 3.53. The Labute approximate surface area is 117 Å². The molecule has 0 unspecified atom stereocenters. The van der Waals surface area contributed by atoms with E-state index in [1.54, 1.807) is 4.90 Å². The second-order valence-electron chi connectivity index (χ2n) is 4.91. The zero-order chi connectivity index (χ0) is 14.5. The minimum Gasteiger partial charge on any atom is -0.477 e. The normalized spacial score (nSPS) is 16.1. The van der Waals surface area contributed by atoms with Gasteiger partial charge in [-0.3, -0.25) is 4.79 Å². The third kappa shape index (κ3) is 2.98. The van der Waals surface area contributed by atoms with E-state index in [2.05, 4.69) is 15.3 Å². The molecule has 20 heavy (non-hydrogen) atoms. The molecule has 2 rings (SSSR count). The quantitative estimate of drug-likeness (QED) is 0.738. The van der Waals surface area contributed by atoms with Crippen molar-refractivity contribution < 1.29 is 14.7 Å². The molecule has 7 heteroatoms. The number of rotatable bonds is 5. The highest BCUT2D eigenvalue weighted by atomic mass is 16.4.